The van der Waals surface area contributed by atoms with Crippen molar-refractivity contribution in [3.05, 3.63) is 28.2 Å². The van der Waals surface area contributed by atoms with E-state index in [4.69, 9.17) is 0 Å². The van der Waals surface area contributed by atoms with Gasteiger partial charge in [0.15, 0.2) is 0 Å². The van der Waals surface area contributed by atoms with E-state index in [9.17, 15) is 18.3 Å². The van der Waals surface area contributed by atoms with Crippen molar-refractivity contribution < 1.29 is 18.3 Å². The summed E-state index contributed by atoms with van der Waals surface area (Å²) in [5, 5.41) is 9.23. The predicted octanol–water partition coefficient (Wildman–Crippen LogP) is 2.39. The molecule has 2 rings (SSSR count). The molecule has 0 spiro atoms. The van der Waals surface area contributed by atoms with E-state index in [0.717, 1.165) is 10.7 Å². The SMILES string of the molecule is Cc1ccc(Br)cc1S(=O)(=O)N1CCCC[C@H]1C(=O)O. The van der Waals surface area contributed by atoms with Crippen molar-refractivity contribution in [3.8, 4) is 0 Å². The van der Waals surface area contributed by atoms with Gasteiger partial charge >= 0.3 is 5.97 Å². The number of hydrogen-bond donors (Lipinski definition) is 1. The number of piperidine rings is 1. The van der Waals surface area contributed by atoms with E-state index < -0.39 is 22.0 Å². The maximum atomic E-state index is 12.7. The summed E-state index contributed by atoms with van der Waals surface area (Å²) >= 11 is 3.26. The minimum atomic E-state index is -3.79. The lowest BCUT2D eigenvalue weighted by molar-refractivity contribution is -0.142. The van der Waals surface area contributed by atoms with Crippen LogP contribution in [-0.4, -0.2) is 36.4 Å². The Morgan fingerprint density at radius 2 is 2.10 bits per heavy atom. The largest absolute Gasteiger partial charge is 0.480 e. The number of carbonyl (C=O) groups is 1. The molecule has 1 aromatic rings. The summed E-state index contributed by atoms with van der Waals surface area (Å²) < 4.78 is 27.2. The van der Waals surface area contributed by atoms with Gasteiger partial charge in [0.05, 0.1) is 4.90 Å². The molecule has 0 bridgehead atoms. The molecular weight excluding hydrogens is 346 g/mol. The third-order valence-electron chi connectivity index (χ3n) is 3.48. The minimum Gasteiger partial charge on any atom is -0.480 e. The van der Waals surface area contributed by atoms with Crippen LogP contribution in [0.2, 0.25) is 0 Å². The maximum Gasteiger partial charge on any atom is 0.322 e. The van der Waals surface area contributed by atoms with Crippen LogP contribution in [0.3, 0.4) is 0 Å². The molecule has 0 aromatic heterocycles. The monoisotopic (exact) mass is 361 g/mol. The van der Waals surface area contributed by atoms with Crippen molar-refractivity contribution in [3.63, 3.8) is 0 Å². The van der Waals surface area contributed by atoms with Crippen molar-refractivity contribution in [2.45, 2.75) is 37.1 Å². The van der Waals surface area contributed by atoms with Crippen LogP contribution in [0.1, 0.15) is 24.8 Å². The zero-order valence-electron chi connectivity index (χ0n) is 11.0. The van der Waals surface area contributed by atoms with Crippen LogP contribution in [0.15, 0.2) is 27.6 Å². The van der Waals surface area contributed by atoms with Gasteiger partial charge in [0.1, 0.15) is 6.04 Å². The number of hydrogen-bond acceptors (Lipinski definition) is 3. The first-order chi connectivity index (χ1) is 9.34. The summed E-state index contributed by atoms with van der Waals surface area (Å²) in [7, 11) is -3.79. The Labute approximate surface area is 126 Å². The number of aliphatic carboxylic acids is 1. The zero-order valence-corrected chi connectivity index (χ0v) is 13.4. The highest BCUT2D eigenvalue weighted by molar-refractivity contribution is 9.10. The van der Waals surface area contributed by atoms with E-state index in [-0.39, 0.29) is 11.4 Å². The Kier molecular flexibility index (Phi) is 4.51. The Morgan fingerprint density at radius 1 is 1.40 bits per heavy atom. The number of benzene rings is 1. The van der Waals surface area contributed by atoms with Crippen LogP contribution >= 0.6 is 15.9 Å². The fourth-order valence-corrected chi connectivity index (χ4v) is 4.83. The van der Waals surface area contributed by atoms with Gasteiger partial charge in [-0.05, 0) is 43.9 Å². The minimum absolute atomic E-state index is 0.167. The molecule has 110 valence electrons. The molecule has 1 atom stereocenters. The topological polar surface area (TPSA) is 74.7 Å². The number of carboxylic acids is 1. The van der Waals surface area contributed by atoms with E-state index in [2.05, 4.69) is 15.9 Å². The highest BCUT2D eigenvalue weighted by Crippen LogP contribution is 2.29. The number of rotatable bonds is 3. The van der Waals surface area contributed by atoms with E-state index in [1.165, 1.54) is 6.07 Å². The van der Waals surface area contributed by atoms with Crippen LogP contribution in [0.4, 0.5) is 0 Å². The second-order valence-corrected chi connectivity index (χ2v) is 7.65. The molecule has 0 radical (unpaired) electrons. The lowest BCUT2D eigenvalue weighted by atomic mass is 10.1. The number of aryl methyl sites for hydroxylation is 1. The lowest BCUT2D eigenvalue weighted by Crippen LogP contribution is -2.47. The lowest BCUT2D eigenvalue weighted by Gasteiger charge is -2.32. The highest BCUT2D eigenvalue weighted by Gasteiger charge is 2.38. The van der Waals surface area contributed by atoms with E-state index in [0.29, 0.717) is 22.9 Å². The molecule has 0 aliphatic carbocycles. The van der Waals surface area contributed by atoms with Gasteiger partial charge in [-0.15, -0.1) is 0 Å². The van der Waals surface area contributed by atoms with Crippen molar-refractivity contribution in [2.75, 3.05) is 6.54 Å². The van der Waals surface area contributed by atoms with Gasteiger partial charge in [-0.1, -0.05) is 22.0 Å². The molecule has 1 aliphatic heterocycles. The molecule has 0 saturated carbocycles. The van der Waals surface area contributed by atoms with Gasteiger partial charge in [0, 0.05) is 11.0 Å². The molecular formula is C13H16BrNO4S. The summed E-state index contributed by atoms with van der Waals surface area (Å²) in [4.78, 5) is 11.4. The van der Waals surface area contributed by atoms with Crippen molar-refractivity contribution >= 4 is 31.9 Å². The van der Waals surface area contributed by atoms with Crippen LogP contribution < -0.4 is 0 Å². The molecule has 0 amide bonds. The summed E-state index contributed by atoms with van der Waals surface area (Å²) in [6, 6.07) is 4.03. The Bertz CT molecular complexity index is 629. The first kappa shape index (κ1) is 15.5. The highest BCUT2D eigenvalue weighted by atomic mass is 79.9. The Morgan fingerprint density at radius 3 is 2.75 bits per heavy atom. The standard InChI is InChI=1S/C13H16BrNO4S/c1-9-5-6-10(14)8-12(9)20(18,19)15-7-3-2-4-11(15)13(16)17/h5-6,8,11H,2-4,7H2,1H3,(H,16,17)/t11-/m0/s1. The molecule has 1 fully saturated rings. The normalized spacial score (nSPS) is 20.8. The van der Waals surface area contributed by atoms with Crippen molar-refractivity contribution in [1.82, 2.24) is 4.31 Å². The Hall–Kier alpha value is -0.920. The van der Waals surface area contributed by atoms with E-state index in [1.807, 2.05) is 0 Å². The zero-order chi connectivity index (χ0) is 14.9. The number of halogens is 1. The van der Waals surface area contributed by atoms with Gasteiger partial charge in [-0.25, -0.2) is 8.42 Å². The van der Waals surface area contributed by atoms with E-state index in [1.54, 1.807) is 19.1 Å². The van der Waals surface area contributed by atoms with Crippen LogP contribution in [0, 0.1) is 6.92 Å². The van der Waals surface area contributed by atoms with E-state index >= 15 is 0 Å². The van der Waals surface area contributed by atoms with Crippen molar-refractivity contribution in [2.24, 2.45) is 0 Å². The molecule has 1 N–H and O–H groups in total. The van der Waals surface area contributed by atoms with Crippen LogP contribution in [-0.2, 0) is 14.8 Å². The number of nitrogens with zero attached hydrogens (tertiary/aromatic N) is 1. The number of carboxylic acid groups (broad SMARTS) is 1. The van der Waals surface area contributed by atoms with Gasteiger partial charge in [0.25, 0.3) is 0 Å². The fourth-order valence-electron chi connectivity index (χ4n) is 2.42. The predicted molar refractivity (Wildman–Crippen MR) is 78.0 cm³/mol. The first-order valence-electron chi connectivity index (χ1n) is 6.35. The molecule has 5 nitrogen and oxygen atoms in total. The van der Waals surface area contributed by atoms with Crippen LogP contribution in [0.25, 0.3) is 0 Å². The molecule has 1 saturated heterocycles. The summed E-state index contributed by atoms with van der Waals surface area (Å²) in [6.45, 7) is 1.96. The summed E-state index contributed by atoms with van der Waals surface area (Å²) in [5.41, 5.74) is 0.614. The average Bonchev–Trinajstić information content (AvgIpc) is 2.41. The van der Waals surface area contributed by atoms with Crippen LogP contribution in [0.5, 0.6) is 0 Å². The molecule has 1 aliphatic rings. The fraction of sp³-hybridized carbons (Fsp3) is 0.462. The second kappa shape index (κ2) is 5.83. The third kappa shape index (κ3) is 2.89. The molecule has 0 unspecified atom stereocenters. The van der Waals surface area contributed by atoms with Gasteiger partial charge in [-0.2, -0.15) is 4.31 Å². The molecule has 1 aromatic carbocycles. The summed E-state index contributed by atoms with van der Waals surface area (Å²) in [6.07, 6.45) is 1.79. The number of sulfonamides is 1. The molecule has 7 heteroatoms. The third-order valence-corrected chi connectivity index (χ3v) is 6.02. The second-order valence-electron chi connectivity index (χ2n) is 4.88. The Balaban J connectivity index is 2.47. The smallest absolute Gasteiger partial charge is 0.322 e. The quantitative estimate of drug-likeness (QED) is 0.896. The first-order valence-corrected chi connectivity index (χ1v) is 8.58. The molecule has 20 heavy (non-hydrogen) atoms. The van der Waals surface area contributed by atoms with Gasteiger partial charge in [-0.3, -0.25) is 4.79 Å². The van der Waals surface area contributed by atoms with Gasteiger partial charge in [0.2, 0.25) is 10.0 Å². The van der Waals surface area contributed by atoms with Gasteiger partial charge < -0.3 is 5.11 Å². The molecule has 1 heterocycles. The van der Waals surface area contributed by atoms with Crippen molar-refractivity contribution in [1.29, 1.82) is 0 Å². The average molecular weight is 362 g/mol. The maximum absolute atomic E-state index is 12.7. The summed E-state index contributed by atoms with van der Waals surface area (Å²) in [5.74, 6) is -1.08.